The van der Waals surface area contributed by atoms with E-state index in [9.17, 15) is 19.5 Å². The first-order valence-corrected chi connectivity index (χ1v) is 10.5. The molecular formula is C24H33NO6. The fourth-order valence-corrected chi connectivity index (χ4v) is 4.30. The Hall–Kier alpha value is -2.83. The minimum atomic E-state index is -1.08. The zero-order valence-electron chi connectivity index (χ0n) is 19.0. The summed E-state index contributed by atoms with van der Waals surface area (Å²) in [6, 6.07) is 8.50. The Morgan fingerprint density at radius 3 is 2.32 bits per heavy atom. The summed E-state index contributed by atoms with van der Waals surface area (Å²) in [5.41, 5.74) is 0.0816. The molecular weight excluding hydrogens is 398 g/mol. The van der Waals surface area contributed by atoms with E-state index in [0.29, 0.717) is 12.0 Å². The lowest BCUT2D eigenvalue weighted by Gasteiger charge is -2.36. The van der Waals surface area contributed by atoms with E-state index in [1.165, 1.54) is 4.90 Å². The minimum Gasteiger partial charge on any atom is -0.481 e. The third-order valence-electron chi connectivity index (χ3n) is 5.64. The molecule has 1 saturated heterocycles. The zero-order chi connectivity index (χ0) is 23.4. The molecule has 7 heteroatoms. The number of carboxylic acid groups (broad SMARTS) is 1. The van der Waals surface area contributed by atoms with Crippen molar-refractivity contribution >= 4 is 18.0 Å². The van der Waals surface area contributed by atoms with Crippen molar-refractivity contribution in [2.45, 2.75) is 59.1 Å². The molecule has 0 saturated carbocycles. The molecule has 2 rings (SSSR count). The van der Waals surface area contributed by atoms with Crippen molar-refractivity contribution < 1.29 is 29.0 Å². The normalized spacial score (nSPS) is 23.3. The molecule has 0 radical (unpaired) electrons. The predicted octanol–water partition coefficient (Wildman–Crippen LogP) is 4.06. The van der Waals surface area contributed by atoms with E-state index in [1.807, 2.05) is 37.3 Å². The number of ether oxygens (including phenoxy) is 2. The Morgan fingerprint density at radius 1 is 1.23 bits per heavy atom. The highest BCUT2D eigenvalue weighted by Crippen LogP contribution is 2.50. The van der Waals surface area contributed by atoms with Crippen LogP contribution in [-0.4, -0.2) is 52.8 Å². The third-order valence-corrected chi connectivity index (χ3v) is 5.64. The first kappa shape index (κ1) is 24.4. The smallest absolute Gasteiger partial charge is 0.411 e. The number of hydrogen-bond acceptors (Lipinski definition) is 5. The summed E-state index contributed by atoms with van der Waals surface area (Å²) in [5, 5.41) is 9.68. The Morgan fingerprint density at radius 2 is 1.84 bits per heavy atom. The topological polar surface area (TPSA) is 93.1 Å². The van der Waals surface area contributed by atoms with Gasteiger partial charge in [0, 0.05) is 17.9 Å². The lowest BCUT2D eigenvalue weighted by Crippen LogP contribution is -2.46. The van der Waals surface area contributed by atoms with Crippen LogP contribution in [0.15, 0.2) is 42.5 Å². The third kappa shape index (κ3) is 5.66. The number of carbonyl (C=O) groups excluding carboxylic acids is 2. The van der Waals surface area contributed by atoms with Crippen LogP contribution in [0.4, 0.5) is 4.79 Å². The van der Waals surface area contributed by atoms with Gasteiger partial charge in [-0.05, 0) is 46.6 Å². The Bertz CT molecular complexity index is 828. The summed E-state index contributed by atoms with van der Waals surface area (Å²) in [5.74, 6) is -2.39. The maximum absolute atomic E-state index is 13.1. The molecule has 7 nitrogen and oxygen atoms in total. The number of carboxylic acids is 1. The second kappa shape index (κ2) is 9.54. The molecule has 1 aromatic rings. The van der Waals surface area contributed by atoms with Crippen molar-refractivity contribution in [3.8, 4) is 0 Å². The summed E-state index contributed by atoms with van der Waals surface area (Å²) >= 11 is 0. The molecule has 1 fully saturated rings. The Kier molecular flexibility index (Phi) is 7.52. The van der Waals surface area contributed by atoms with Crippen LogP contribution in [0.5, 0.6) is 0 Å². The first-order chi connectivity index (χ1) is 14.4. The van der Waals surface area contributed by atoms with E-state index in [1.54, 1.807) is 27.7 Å². The van der Waals surface area contributed by atoms with Crippen molar-refractivity contribution in [3.63, 3.8) is 0 Å². The van der Waals surface area contributed by atoms with E-state index in [-0.39, 0.29) is 19.6 Å². The Balaban J connectivity index is 2.60. The van der Waals surface area contributed by atoms with E-state index >= 15 is 0 Å². The number of carbonyl (C=O) groups is 3. The number of rotatable bonds is 7. The maximum Gasteiger partial charge on any atom is 0.411 e. The number of aliphatic carboxylic acids is 1. The molecule has 3 atom stereocenters. The SMILES string of the molecule is C=C(C)[C@@]1(Cc2ccccc2)CN(C(=O)OC(C)(C)C)[C@H](C(=O)OCC)[C@H]1CC(=O)O. The summed E-state index contributed by atoms with van der Waals surface area (Å²) in [6.07, 6.45) is -0.532. The van der Waals surface area contributed by atoms with Crippen LogP contribution in [0.3, 0.4) is 0 Å². The van der Waals surface area contributed by atoms with Crippen molar-refractivity contribution in [3.05, 3.63) is 48.0 Å². The highest BCUT2D eigenvalue weighted by Gasteiger charge is 2.58. The van der Waals surface area contributed by atoms with Gasteiger partial charge in [0.1, 0.15) is 11.6 Å². The molecule has 1 aromatic carbocycles. The molecule has 1 heterocycles. The average molecular weight is 432 g/mol. The first-order valence-electron chi connectivity index (χ1n) is 10.5. The van der Waals surface area contributed by atoms with Crippen LogP contribution in [0.25, 0.3) is 0 Å². The van der Waals surface area contributed by atoms with Crippen LogP contribution in [-0.2, 0) is 25.5 Å². The average Bonchev–Trinajstić information content (AvgIpc) is 2.96. The molecule has 1 amide bonds. The molecule has 1 aliphatic heterocycles. The summed E-state index contributed by atoms with van der Waals surface area (Å²) in [6.45, 7) is 13.1. The molecule has 0 bridgehead atoms. The van der Waals surface area contributed by atoms with E-state index < -0.39 is 41.0 Å². The highest BCUT2D eigenvalue weighted by atomic mass is 16.6. The van der Waals surface area contributed by atoms with Gasteiger partial charge < -0.3 is 14.6 Å². The minimum absolute atomic E-state index is 0.119. The molecule has 1 aliphatic rings. The van der Waals surface area contributed by atoms with Gasteiger partial charge in [-0.15, -0.1) is 0 Å². The van der Waals surface area contributed by atoms with Crippen LogP contribution in [0.1, 0.15) is 46.6 Å². The largest absolute Gasteiger partial charge is 0.481 e. The number of benzene rings is 1. The fraction of sp³-hybridized carbons (Fsp3) is 0.542. The van der Waals surface area contributed by atoms with Gasteiger partial charge in [0.05, 0.1) is 13.0 Å². The van der Waals surface area contributed by atoms with Gasteiger partial charge in [0.15, 0.2) is 0 Å². The maximum atomic E-state index is 13.1. The second-order valence-corrected chi connectivity index (χ2v) is 9.11. The van der Waals surface area contributed by atoms with Gasteiger partial charge >= 0.3 is 18.0 Å². The quantitative estimate of drug-likeness (QED) is 0.517. The highest BCUT2D eigenvalue weighted by molar-refractivity contribution is 5.84. The molecule has 1 N–H and O–H groups in total. The van der Waals surface area contributed by atoms with Crippen LogP contribution in [0, 0.1) is 11.3 Å². The summed E-state index contributed by atoms with van der Waals surface area (Å²) in [7, 11) is 0. The van der Waals surface area contributed by atoms with Gasteiger partial charge in [-0.2, -0.15) is 0 Å². The molecule has 170 valence electrons. The summed E-state index contributed by atoms with van der Waals surface area (Å²) in [4.78, 5) is 39.2. The summed E-state index contributed by atoms with van der Waals surface area (Å²) < 4.78 is 10.8. The number of nitrogens with zero attached hydrogens (tertiary/aromatic N) is 1. The molecule has 0 spiro atoms. The molecule has 31 heavy (non-hydrogen) atoms. The van der Waals surface area contributed by atoms with Crippen LogP contribution < -0.4 is 0 Å². The van der Waals surface area contributed by atoms with Crippen molar-refractivity contribution in [2.24, 2.45) is 11.3 Å². The lowest BCUT2D eigenvalue weighted by atomic mass is 9.66. The monoisotopic (exact) mass is 431 g/mol. The number of esters is 1. The van der Waals surface area contributed by atoms with E-state index in [2.05, 4.69) is 6.58 Å². The predicted molar refractivity (Wildman–Crippen MR) is 116 cm³/mol. The lowest BCUT2D eigenvalue weighted by molar-refractivity contribution is -0.151. The van der Waals surface area contributed by atoms with Crippen molar-refractivity contribution in [1.82, 2.24) is 4.90 Å². The second-order valence-electron chi connectivity index (χ2n) is 9.11. The fourth-order valence-electron chi connectivity index (χ4n) is 4.30. The molecule has 0 aromatic heterocycles. The van der Waals surface area contributed by atoms with Gasteiger partial charge in [-0.25, -0.2) is 9.59 Å². The van der Waals surface area contributed by atoms with E-state index in [4.69, 9.17) is 9.47 Å². The molecule has 0 unspecified atom stereocenters. The number of likely N-dealkylation sites (tertiary alicyclic amines) is 1. The van der Waals surface area contributed by atoms with Gasteiger partial charge in [0.2, 0.25) is 0 Å². The zero-order valence-corrected chi connectivity index (χ0v) is 19.0. The van der Waals surface area contributed by atoms with Crippen LogP contribution >= 0.6 is 0 Å². The number of amides is 1. The van der Waals surface area contributed by atoms with Gasteiger partial charge in [0.25, 0.3) is 0 Å². The Labute approximate surface area is 184 Å². The van der Waals surface area contributed by atoms with Crippen molar-refractivity contribution in [2.75, 3.05) is 13.2 Å². The van der Waals surface area contributed by atoms with Gasteiger partial charge in [-0.3, -0.25) is 9.69 Å². The van der Waals surface area contributed by atoms with Crippen LogP contribution in [0.2, 0.25) is 0 Å². The van der Waals surface area contributed by atoms with Crippen molar-refractivity contribution in [1.29, 1.82) is 0 Å². The molecule has 0 aliphatic carbocycles. The van der Waals surface area contributed by atoms with Gasteiger partial charge in [-0.1, -0.05) is 42.5 Å². The standard InChI is InChI=1S/C24H33NO6/c1-7-30-21(28)20-18(13-19(26)27)24(16(2)3,14-17-11-9-8-10-12-17)15-25(20)22(29)31-23(4,5)6/h8-12,18,20H,2,7,13-15H2,1,3-6H3,(H,26,27)/t18-,20+,24-/m1/s1. The number of hydrogen-bond donors (Lipinski definition) is 1. The van der Waals surface area contributed by atoms with E-state index in [0.717, 1.165) is 5.56 Å².